The van der Waals surface area contributed by atoms with E-state index < -0.39 is 35.7 Å². The highest BCUT2D eigenvalue weighted by Gasteiger charge is 2.46. The molecule has 4 atom stereocenters. The van der Waals surface area contributed by atoms with Gasteiger partial charge in [-0.15, -0.1) is 21.5 Å². The highest BCUT2D eigenvalue weighted by Crippen LogP contribution is 2.41. The van der Waals surface area contributed by atoms with E-state index in [-0.39, 0.29) is 25.2 Å². The summed E-state index contributed by atoms with van der Waals surface area (Å²) in [7, 11) is 0. The molecular weight excluding hydrogens is 802 g/mol. The Morgan fingerprint density at radius 3 is 2.32 bits per heavy atom. The summed E-state index contributed by atoms with van der Waals surface area (Å²) >= 11 is 7.99. The average Bonchev–Trinajstić information content (AvgIpc) is 3.87. The SMILES string of the molecule is Cc1sc2c(c1C)C(c1ccc(Cl)cc1)=N[C@@H](CC(=O)N1CCC(CN3C4CCC3CN(c3ccc5c(c3)C(=O)N(C3CCC(=O)NC3=O)C5=O)C4)CC1)c1nnc(C)n1-2. The molecule has 60 heavy (non-hydrogen) atoms. The van der Waals surface area contributed by atoms with Crippen LogP contribution in [-0.2, 0) is 14.4 Å². The Labute approximate surface area is 356 Å². The van der Waals surface area contributed by atoms with Crippen molar-refractivity contribution in [1.82, 2.24) is 34.8 Å². The van der Waals surface area contributed by atoms with Crippen molar-refractivity contribution in [3.05, 3.63) is 91.8 Å². The van der Waals surface area contributed by atoms with Crippen molar-refractivity contribution in [3.8, 4) is 5.00 Å². The molecule has 4 aromatic rings. The Kier molecular flexibility index (Phi) is 9.75. The second-order valence-electron chi connectivity index (χ2n) is 17.1. The van der Waals surface area contributed by atoms with Crippen molar-refractivity contribution in [2.75, 3.05) is 37.6 Å². The first kappa shape index (κ1) is 38.9. The molecule has 0 radical (unpaired) electrons. The molecule has 6 aliphatic rings. The smallest absolute Gasteiger partial charge is 0.262 e. The molecule has 0 spiro atoms. The molecule has 5 amide bonds. The summed E-state index contributed by atoms with van der Waals surface area (Å²) < 4.78 is 2.09. The summed E-state index contributed by atoms with van der Waals surface area (Å²) in [6.07, 6.45) is 4.49. The molecule has 10 rings (SSSR count). The Balaban J connectivity index is 0.787. The number of hydrogen-bond acceptors (Lipinski definition) is 11. The van der Waals surface area contributed by atoms with Crippen LogP contribution in [0.2, 0.25) is 5.02 Å². The highest BCUT2D eigenvalue weighted by molar-refractivity contribution is 7.15. The number of aliphatic imine (C=N–C) groups is 1. The number of carbonyl (C=O) groups is 5. The van der Waals surface area contributed by atoms with Crippen LogP contribution >= 0.6 is 22.9 Å². The molecule has 4 fully saturated rings. The number of rotatable bonds is 7. The van der Waals surface area contributed by atoms with Crippen LogP contribution in [0.15, 0.2) is 47.5 Å². The zero-order valence-corrected chi connectivity index (χ0v) is 35.4. The molecule has 3 unspecified atom stereocenters. The van der Waals surface area contributed by atoms with Gasteiger partial charge in [0.05, 0.1) is 23.3 Å². The number of carbonyl (C=O) groups excluding carboxylic acids is 5. The Bertz CT molecular complexity index is 2490. The predicted molar refractivity (Wildman–Crippen MR) is 226 cm³/mol. The topological polar surface area (TPSA) is 153 Å². The van der Waals surface area contributed by atoms with Crippen LogP contribution in [0.25, 0.3) is 5.00 Å². The van der Waals surface area contributed by atoms with E-state index in [1.54, 1.807) is 23.5 Å². The number of imide groups is 2. The summed E-state index contributed by atoms with van der Waals surface area (Å²) in [4.78, 5) is 79.7. The maximum atomic E-state index is 14.1. The zero-order chi connectivity index (χ0) is 41.6. The summed E-state index contributed by atoms with van der Waals surface area (Å²) in [6, 6.07) is 12.4. The van der Waals surface area contributed by atoms with Gasteiger partial charge in [0.25, 0.3) is 11.8 Å². The number of fused-ring (bicyclic) bond motifs is 6. The zero-order valence-electron chi connectivity index (χ0n) is 33.8. The largest absolute Gasteiger partial charge is 0.368 e. The van der Waals surface area contributed by atoms with E-state index in [1.165, 1.54) is 4.88 Å². The van der Waals surface area contributed by atoms with Crippen LogP contribution < -0.4 is 10.2 Å². The lowest BCUT2D eigenvalue weighted by atomic mass is 9.94. The second-order valence-corrected chi connectivity index (χ2v) is 18.7. The maximum Gasteiger partial charge on any atom is 0.262 e. The lowest BCUT2D eigenvalue weighted by Crippen LogP contribution is -2.55. The first-order valence-corrected chi connectivity index (χ1v) is 22.1. The van der Waals surface area contributed by atoms with Crippen molar-refractivity contribution >= 4 is 63.9 Å². The number of nitrogens with one attached hydrogen (secondary N) is 1. The molecule has 2 aromatic heterocycles. The molecule has 6 aliphatic heterocycles. The van der Waals surface area contributed by atoms with Gasteiger partial charge in [0.15, 0.2) is 5.82 Å². The van der Waals surface area contributed by atoms with Gasteiger partial charge in [-0.3, -0.25) is 48.6 Å². The molecule has 0 aliphatic carbocycles. The third-order valence-electron chi connectivity index (χ3n) is 13.6. The fraction of sp³-hybridized carbons (Fsp3) is 0.455. The number of amides is 5. The van der Waals surface area contributed by atoms with Gasteiger partial charge in [0.1, 0.15) is 22.9 Å². The molecule has 2 bridgehead atoms. The van der Waals surface area contributed by atoms with Gasteiger partial charge in [0.2, 0.25) is 17.7 Å². The van der Waals surface area contributed by atoms with Gasteiger partial charge >= 0.3 is 0 Å². The van der Waals surface area contributed by atoms with Crippen molar-refractivity contribution in [2.24, 2.45) is 10.9 Å². The van der Waals surface area contributed by atoms with Crippen LogP contribution in [-0.4, -0.2) is 116 Å². The van der Waals surface area contributed by atoms with Crippen LogP contribution in [0, 0.1) is 26.7 Å². The first-order chi connectivity index (χ1) is 28.9. The monoisotopic (exact) mass is 847 g/mol. The first-order valence-electron chi connectivity index (χ1n) is 20.9. The normalized spacial score (nSPS) is 24.3. The summed E-state index contributed by atoms with van der Waals surface area (Å²) in [5, 5.41) is 13.0. The standard InChI is InChI=1S/C44H46ClN9O5S/c1-23-24(2)60-44-38(23)39(27-4-6-28(45)7-5-27)46-34(40-49-48-25(3)53(40)44)19-37(56)50-16-14-26(15-17-50)20-52-30-8-9-31(52)22-51(21-30)29-10-11-32-33(18-29)43(59)54(42(32)58)35-12-13-36(55)47-41(35)57/h4-7,10-11,18,26,30-31,34-35H,8-9,12-17,19-22H2,1-3H3,(H,47,55,57)/t30?,31?,34-,35?/m0/s1. The van der Waals surface area contributed by atoms with E-state index in [0.717, 1.165) is 89.1 Å². The highest BCUT2D eigenvalue weighted by atomic mass is 35.5. The van der Waals surface area contributed by atoms with Crippen LogP contribution in [0.1, 0.15) is 105 Å². The number of hydrogen-bond donors (Lipinski definition) is 1. The molecule has 4 saturated heterocycles. The molecule has 310 valence electrons. The Hall–Kier alpha value is -5.25. The van der Waals surface area contributed by atoms with Crippen LogP contribution in [0.4, 0.5) is 5.69 Å². The van der Waals surface area contributed by atoms with Crippen molar-refractivity contribution in [3.63, 3.8) is 0 Å². The van der Waals surface area contributed by atoms with E-state index in [0.29, 0.717) is 53.1 Å². The fourth-order valence-corrected chi connectivity index (χ4v) is 11.6. The van der Waals surface area contributed by atoms with Gasteiger partial charge in [-0.2, -0.15) is 0 Å². The minimum Gasteiger partial charge on any atom is -0.368 e. The number of aromatic nitrogens is 3. The molecule has 0 saturated carbocycles. The Morgan fingerprint density at radius 2 is 1.60 bits per heavy atom. The molecule has 16 heteroatoms. The van der Waals surface area contributed by atoms with Crippen molar-refractivity contribution in [1.29, 1.82) is 0 Å². The number of piperidine rings is 2. The van der Waals surface area contributed by atoms with Crippen LogP contribution in [0.5, 0.6) is 0 Å². The van der Waals surface area contributed by atoms with E-state index in [9.17, 15) is 24.0 Å². The summed E-state index contributed by atoms with van der Waals surface area (Å²) in [5.41, 5.74) is 5.50. The van der Waals surface area contributed by atoms with Gasteiger partial charge in [0, 0.05) is 77.9 Å². The lowest BCUT2D eigenvalue weighted by molar-refractivity contribution is -0.136. The number of piperazine rings is 1. The fourth-order valence-electron chi connectivity index (χ4n) is 10.2. The minimum absolute atomic E-state index is 0.0754. The number of benzene rings is 2. The molecule has 2 aromatic carbocycles. The van der Waals surface area contributed by atoms with Gasteiger partial charge < -0.3 is 9.80 Å². The van der Waals surface area contributed by atoms with Crippen molar-refractivity contribution in [2.45, 2.75) is 89.9 Å². The van der Waals surface area contributed by atoms with Gasteiger partial charge in [-0.25, -0.2) is 0 Å². The van der Waals surface area contributed by atoms with Gasteiger partial charge in [-0.05, 0) is 94.7 Å². The lowest BCUT2D eigenvalue weighted by Gasteiger charge is -2.44. The number of anilines is 1. The third-order valence-corrected chi connectivity index (χ3v) is 15.0. The number of nitrogens with zero attached hydrogens (tertiary/aromatic N) is 8. The molecule has 1 N–H and O–H groups in total. The molecule has 8 heterocycles. The molecule has 14 nitrogen and oxygen atoms in total. The van der Waals surface area contributed by atoms with Gasteiger partial charge in [-0.1, -0.05) is 23.7 Å². The maximum absolute atomic E-state index is 14.1. The summed E-state index contributed by atoms with van der Waals surface area (Å²) in [6.45, 7) is 10.2. The van der Waals surface area contributed by atoms with E-state index in [2.05, 4.69) is 43.7 Å². The Morgan fingerprint density at radius 1 is 0.883 bits per heavy atom. The van der Waals surface area contributed by atoms with E-state index >= 15 is 0 Å². The number of halogens is 1. The van der Waals surface area contributed by atoms with Crippen LogP contribution in [0.3, 0.4) is 0 Å². The number of likely N-dealkylation sites (tertiary alicyclic amines) is 1. The quantitative estimate of drug-likeness (QED) is 0.248. The average molecular weight is 848 g/mol. The molecular formula is C44H46ClN9O5S. The second kappa shape index (κ2) is 15.0. The van der Waals surface area contributed by atoms with E-state index in [4.69, 9.17) is 16.6 Å². The van der Waals surface area contributed by atoms with E-state index in [1.807, 2.05) is 42.2 Å². The number of thiophene rings is 1. The minimum atomic E-state index is -0.983. The predicted octanol–water partition coefficient (Wildman–Crippen LogP) is 5.18. The summed E-state index contributed by atoms with van der Waals surface area (Å²) in [5.74, 6) is 0.0356. The number of aryl methyl sites for hydroxylation is 2. The van der Waals surface area contributed by atoms with Crippen molar-refractivity contribution < 1.29 is 24.0 Å². The third kappa shape index (κ3) is 6.56.